The van der Waals surface area contributed by atoms with Crippen molar-refractivity contribution in [1.82, 2.24) is 15.0 Å². The lowest BCUT2D eigenvalue weighted by atomic mass is 10.3. The number of nitrogens with zero attached hydrogens (tertiary/aromatic N) is 2. The molecule has 2 aliphatic rings. The summed E-state index contributed by atoms with van der Waals surface area (Å²) in [6, 6.07) is 1.84. The molecule has 0 aromatic heterocycles. The number of aromatic amines is 1. The van der Waals surface area contributed by atoms with Crippen molar-refractivity contribution in [2.75, 3.05) is 0 Å². The molecule has 0 fully saturated rings. The summed E-state index contributed by atoms with van der Waals surface area (Å²) in [6.07, 6.45) is 3.33. The van der Waals surface area contributed by atoms with Crippen LogP contribution in [0.5, 0.6) is 0 Å². The molecular formula is C7H7N3O. The van der Waals surface area contributed by atoms with E-state index in [0.717, 1.165) is 11.4 Å². The first kappa shape index (κ1) is 6.30. The highest BCUT2D eigenvalue weighted by Crippen LogP contribution is 2.14. The Morgan fingerprint density at radius 1 is 1.45 bits per heavy atom. The zero-order chi connectivity index (χ0) is 7.68. The van der Waals surface area contributed by atoms with E-state index in [1.807, 2.05) is 6.07 Å². The van der Waals surface area contributed by atoms with Gasteiger partial charge in [-0.15, -0.1) is 0 Å². The van der Waals surface area contributed by atoms with Crippen molar-refractivity contribution in [3.8, 4) is 11.4 Å². The van der Waals surface area contributed by atoms with Crippen LogP contribution in [0.15, 0.2) is 18.5 Å². The van der Waals surface area contributed by atoms with Crippen LogP contribution in [0.1, 0.15) is 5.82 Å². The SMILES string of the molecule is OCc1ncc2nccc-2[nH]1. The Balaban J connectivity index is 2.59. The molecular weight excluding hydrogens is 142 g/mol. The average molecular weight is 149 g/mol. The second-order valence-electron chi connectivity index (χ2n) is 2.23. The smallest absolute Gasteiger partial charge is 0.132 e. The third kappa shape index (κ3) is 0.969. The Bertz CT molecular complexity index is 331. The third-order valence-electron chi connectivity index (χ3n) is 1.50. The highest BCUT2D eigenvalue weighted by molar-refractivity contribution is 5.54. The number of aliphatic hydroxyl groups excluding tert-OH is 1. The van der Waals surface area contributed by atoms with Gasteiger partial charge in [-0.2, -0.15) is 0 Å². The van der Waals surface area contributed by atoms with Crippen LogP contribution in [-0.2, 0) is 6.61 Å². The van der Waals surface area contributed by atoms with E-state index in [1.54, 1.807) is 12.4 Å². The topological polar surface area (TPSA) is 61.8 Å². The van der Waals surface area contributed by atoms with Gasteiger partial charge >= 0.3 is 0 Å². The van der Waals surface area contributed by atoms with Gasteiger partial charge in [-0.25, -0.2) is 4.98 Å². The number of hydrogen-bond acceptors (Lipinski definition) is 3. The van der Waals surface area contributed by atoms with Crippen molar-refractivity contribution >= 4 is 0 Å². The van der Waals surface area contributed by atoms with E-state index in [-0.39, 0.29) is 6.61 Å². The van der Waals surface area contributed by atoms with E-state index in [2.05, 4.69) is 15.0 Å². The lowest BCUT2D eigenvalue weighted by Gasteiger charge is -1.99. The molecule has 0 aromatic carbocycles. The molecule has 0 aromatic rings. The quantitative estimate of drug-likeness (QED) is 0.617. The van der Waals surface area contributed by atoms with Gasteiger partial charge < -0.3 is 10.1 Å². The molecule has 0 spiro atoms. The molecule has 0 aliphatic carbocycles. The monoisotopic (exact) mass is 149 g/mol. The highest BCUT2D eigenvalue weighted by atomic mass is 16.3. The molecule has 0 amide bonds. The van der Waals surface area contributed by atoms with Gasteiger partial charge in [0, 0.05) is 6.20 Å². The Labute approximate surface area is 63.3 Å². The second kappa shape index (κ2) is 2.32. The normalized spacial score (nSPS) is 10.6. The van der Waals surface area contributed by atoms with Crippen LogP contribution in [0.3, 0.4) is 0 Å². The Kier molecular flexibility index (Phi) is 1.33. The van der Waals surface area contributed by atoms with Gasteiger partial charge in [0.2, 0.25) is 0 Å². The zero-order valence-corrected chi connectivity index (χ0v) is 5.78. The standard InChI is InChI=1S/C7H7N3O/c11-4-7-9-3-6-5(10-7)1-2-8-6/h1-3,11H,4H2,(H,9,10). The first-order valence-corrected chi connectivity index (χ1v) is 3.29. The van der Waals surface area contributed by atoms with Gasteiger partial charge in [0.15, 0.2) is 0 Å². The number of fused-ring (bicyclic) bond motifs is 1. The lowest BCUT2D eigenvalue weighted by Crippen LogP contribution is -1.95. The van der Waals surface area contributed by atoms with Crippen LogP contribution in [-0.4, -0.2) is 20.1 Å². The molecule has 2 rings (SSSR count). The molecule has 0 saturated heterocycles. The maximum atomic E-state index is 8.72. The minimum atomic E-state index is -0.0683. The maximum absolute atomic E-state index is 8.72. The number of H-pyrrole nitrogens is 1. The molecule has 0 saturated carbocycles. The lowest BCUT2D eigenvalue weighted by molar-refractivity contribution is 0.271. The molecule has 4 nitrogen and oxygen atoms in total. The summed E-state index contributed by atoms with van der Waals surface area (Å²) in [5.74, 6) is 0.561. The van der Waals surface area contributed by atoms with Crippen LogP contribution in [0.2, 0.25) is 0 Å². The Morgan fingerprint density at radius 2 is 2.36 bits per heavy atom. The third-order valence-corrected chi connectivity index (χ3v) is 1.50. The largest absolute Gasteiger partial charge is 0.388 e. The molecule has 11 heavy (non-hydrogen) atoms. The summed E-state index contributed by atoms with van der Waals surface area (Å²) in [4.78, 5) is 10.9. The van der Waals surface area contributed by atoms with Crippen molar-refractivity contribution < 1.29 is 5.11 Å². The Morgan fingerprint density at radius 3 is 3.18 bits per heavy atom. The van der Waals surface area contributed by atoms with Crippen molar-refractivity contribution in [3.63, 3.8) is 0 Å². The first-order chi connectivity index (χ1) is 5.40. The van der Waals surface area contributed by atoms with Gasteiger partial charge in [-0.3, -0.25) is 4.98 Å². The van der Waals surface area contributed by atoms with Gasteiger partial charge in [-0.05, 0) is 6.07 Å². The molecule has 56 valence electrons. The van der Waals surface area contributed by atoms with E-state index >= 15 is 0 Å². The van der Waals surface area contributed by atoms with E-state index in [0.29, 0.717) is 5.82 Å². The summed E-state index contributed by atoms with van der Waals surface area (Å²) < 4.78 is 0. The molecule has 0 unspecified atom stereocenters. The van der Waals surface area contributed by atoms with Crippen molar-refractivity contribution in [2.45, 2.75) is 6.61 Å². The van der Waals surface area contributed by atoms with Gasteiger partial charge in [0.1, 0.15) is 18.1 Å². The van der Waals surface area contributed by atoms with E-state index in [9.17, 15) is 0 Å². The molecule has 4 heteroatoms. The molecule has 2 aliphatic heterocycles. The van der Waals surface area contributed by atoms with E-state index in [1.165, 1.54) is 0 Å². The molecule has 0 bridgehead atoms. The predicted octanol–water partition coefficient (Wildman–Crippen LogP) is 0.402. The first-order valence-electron chi connectivity index (χ1n) is 3.29. The summed E-state index contributed by atoms with van der Waals surface area (Å²) >= 11 is 0. The number of rotatable bonds is 1. The van der Waals surface area contributed by atoms with Gasteiger partial charge in [0.05, 0.1) is 11.9 Å². The van der Waals surface area contributed by atoms with Crippen LogP contribution < -0.4 is 0 Å². The minimum absolute atomic E-state index is 0.0683. The fourth-order valence-electron chi connectivity index (χ4n) is 0.963. The van der Waals surface area contributed by atoms with E-state index < -0.39 is 0 Å². The fourth-order valence-corrected chi connectivity index (χ4v) is 0.963. The van der Waals surface area contributed by atoms with Crippen LogP contribution in [0.25, 0.3) is 11.4 Å². The van der Waals surface area contributed by atoms with E-state index in [4.69, 9.17) is 5.11 Å². The summed E-state index contributed by atoms with van der Waals surface area (Å²) in [5, 5.41) is 8.72. The number of aromatic nitrogens is 3. The number of hydrogen-bond donors (Lipinski definition) is 2. The minimum Gasteiger partial charge on any atom is -0.388 e. The molecule has 2 heterocycles. The molecule has 0 radical (unpaired) electrons. The van der Waals surface area contributed by atoms with Crippen molar-refractivity contribution in [2.24, 2.45) is 0 Å². The summed E-state index contributed by atoms with van der Waals surface area (Å²) in [6.45, 7) is -0.0683. The molecule has 2 N–H and O–H groups in total. The Hall–Kier alpha value is -1.42. The fraction of sp³-hybridized carbons (Fsp3) is 0.143. The number of nitrogens with one attached hydrogen (secondary N) is 1. The van der Waals surface area contributed by atoms with Crippen LogP contribution >= 0.6 is 0 Å². The van der Waals surface area contributed by atoms with Crippen molar-refractivity contribution in [3.05, 3.63) is 24.3 Å². The molecule has 0 atom stereocenters. The summed E-state index contributed by atoms with van der Waals surface area (Å²) in [5.41, 5.74) is 1.73. The second-order valence-corrected chi connectivity index (χ2v) is 2.23. The van der Waals surface area contributed by atoms with Crippen LogP contribution in [0, 0.1) is 0 Å². The summed E-state index contributed by atoms with van der Waals surface area (Å²) in [7, 11) is 0. The highest BCUT2D eigenvalue weighted by Gasteiger charge is 2.03. The van der Waals surface area contributed by atoms with Gasteiger partial charge in [0.25, 0.3) is 0 Å². The average Bonchev–Trinajstić information content (AvgIpc) is 2.50. The van der Waals surface area contributed by atoms with Crippen LogP contribution in [0.4, 0.5) is 0 Å². The van der Waals surface area contributed by atoms with Gasteiger partial charge in [-0.1, -0.05) is 0 Å². The predicted molar refractivity (Wildman–Crippen MR) is 38.9 cm³/mol. The number of aliphatic hydroxyl groups is 1. The van der Waals surface area contributed by atoms with Crippen molar-refractivity contribution in [1.29, 1.82) is 0 Å². The maximum Gasteiger partial charge on any atom is 0.132 e. The zero-order valence-electron chi connectivity index (χ0n) is 5.78.